The minimum absolute atomic E-state index is 0.00434. The van der Waals surface area contributed by atoms with Crippen LogP contribution in [0, 0.1) is 0 Å². The molecule has 2 aromatic carbocycles. The van der Waals surface area contributed by atoms with E-state index in [4.69, 9.17) is 9.26 Å². The highest BCUT2D eigenvalue weighted by Gasteiger charge is 2.18. The SMILES string of the molecule is CCOc1ccc(-c2noc(CCC(=O)NNC(=O)c3nn(-c4ccccc4)cc3O)n2)cc1. The van der Waals surface area contributed by atoms with Gasteiger partial charge >= 0.3 is 0 Å². The van der Waals surface area contributed by atoms with Gasteiger partial charge in [-0.05, 0) is 43.3 Å². The van der Waals surface area contributed by atoms with E-state index in [1.54, 1.807) is 24.3 Å². The fourth-order valence-corrected chi connectivity index (χ4v) is 3.05. The van der Waals surface area contributed by atoms with E-state index in [1.807, 2.05) is 37.3 Å². The molecule has 0 aliphatic carbocycles. The van der Waals surface area contributed by atoms with Gasteiger partial charge in [0.2, 0.25) is 17.6 Å². The number of ether oxygens (including phenoxy) is 1. The van der Waals surface area contributed by atoms with E-state index in [1.165, 1.54) is 10.9 Å². The third-order valence-electron chi connectivity index (χ3n) is 4.70. The van der Waals surface area contributed by atoms with E-state index in [2.05, 4.69) is 26.1 Å². The first-order chi connectivity index (χ1) is 16.5. The molecule has 0 fully saturated rings. The smallest absolute Gasteiger partial charge is 0.294 e. The zero-order valence-corrected chi connectivity index (χ0v) is 18.3. The summed E-state index contributed by atoms with van der Waals surface area (Å²) < 4.78 is 12.0. The number of amides is 2. The molecule has 3 N–H and O–H groups in total. The fraction of sp³-hybridized carbons (Fsp3) is 0.174. The molecule has 2 heterocycles. The molecule has 34 heavy (non-hydrogen) atoms. The summed E-state index contributed by atoms with van der Waals surface area (Å²) in [6.45, 7) is 2.48. The number of aromatic hydroxyl groups is 1. The Hall–Kier alpha value is -4.67. The molecular weight excluding hydrogens is 440 g/mol. The predicted molar refractivity (Wildman–Crippen MR) is 120 cm³/mol. The van der Waals surface area contributed by atoms with Crippen molar-refractivity contribution in [2.75, 3.05) is 6.61 Å². The van der Waals surface area contributed by atoms with Crippen molar-refractivity contribution in [2.45, 2.75) is 19.8 Å². The number of nitrogens with one attached hydrogen (secondary N) is 2. The van der Waals surface area contributed by atoms with Crippen LogP contribution in [0.5, 0.6) is 11.5 Å². The minimum atomic E-state index is -0.754. The molecule has 2 aromatic heterocycles. The molecule has 174 valence electrons. The summed E-state index contributed by atoms with van der Waals surface area (Å²) in [4.78, 5) is 28.7. The van der Waals surface area contributed by atoms with Gasteiger partial charge in [0.1, 0.15) is 5.75 Å². The lowest BCUT2D eigenvalue weighted by Crippen LogP contribution is -2.42. The monoisotopic (exact) mass is 462 g/mol. The van der Waals surface area contributed by atoms with Gasteiger partial charge in [0.15, 0.2) is 11.4 Å². The van der Waals surface area contributed by atoms with Gasteiger partial charge in [-0.25, -0.2) is 4.68 Å². The molecule has 0 saturated carbocycles. The highest BCUT2D eigenvalue weighted by atomic mass is 16.5. The van der Waals surface area contributed by atoms with E-state index >= 15 is 0 Å². The highest BCUT2D eigenvalue weighted by molar-refractivity contribution is 5.95. The van der Waals surface area contributed by atoms with Crippen LogP contribution in [0.25, 0.3) is 17.1 Å². The normalized spacial score (nSPS) is 10.6. The third-order valence-corrected chi connectivity index (χ3v) is 4.70. The second kappa shape index (κ2) is 10.3. The number of carbonyl (C=O) groups excluding carboxylic acids is 2. The lowest BCUT2D eigenvalue weighted by atomic mass is 10.2. The Morgan fingerprint density at radius 1 is 1.09 bits per heavy atom. The fourth-order valence-electron chi connectivity index (χ4n) is 3.05. The Labute approximate surface area is 194 Å². The lowest BCUT2D eigenvalue weighted by molar-refractivity contribution is -0.121. The van der Waals surface area contributed by atoms with Gasteiger partial charge in [-0.3, -0.25) is 20.4 Å². The molecule has 0 aliphatic rings. The largest absolute Gasteiger partial charge is 0.504 e. The van der Waals surface area contributed by atoms with Crippen molar-refractivity contribution in [3.05, 3.63) is 72.4 Å². The summed E-state index contributed by atoms with van der Waals surface area (Å²) in [5.41, 5.74) is 5.72. The van der Waals surface area contributed by atoms with E-state index in [9.17, 15) is 14.7 Å². The molecule has 11 nitrogen and oxygen atoms in total. The van der Waals surface area contributed by atoms with Gasteiger partial charge in [0.25, 0.3) is 5.91 Å². The Kier molecular flexibility index (Phi) is 6.82. The number of hydrogen-bond acceptors (Lipinski definition) is 8. The van der Waals surface area contributed by atoms with Crippen LogP contribution in [0.1, 0.15) is 29.7 Å². The Balaban J connectivity index is 1.27. The number of hydrazine groups is 1. The molecule has 0 atom stereocenters. The average Bonchev–Trinajstić information content (AvgIpc) is 3.49. The summed E-state index contributed by atoms with van der Waals surface area (Å²) in [5, 5.41) is 18.0. The van der Waals surface area contributed by atoms with Gasteiger partial charge in [0.05, 0.1) is 18.5 Å². The van der Waals surface area contributed by atoms with Crippen molar-refractivity contribution in [1.29, 1.82) is 0 Å². The average molecular weight is 462 g/mol. The van der Waals surface area contributed by atoms with Crippen LogP contribution in [0.3, 0.4) is 0 Å². The van der Waals surface area contributed by atoms with Crippen molar-refractivity contribution < 1.29 is 24.0 Å². The maximum absolute atomic E-state index is 12.3. The lowest BCUT2D eigenvalue weighted by Gasteiger charge is -2.05. The summed E-state index contributed by atoms with van der Waals surface area (Å²) in [6.07, 6.45) is 1.48. The molecule has 4 aromatic rings. The number of carbonyl (C=O) groups is 2. The van der Waals surface area contributed by atoms with Crippen LogP contribution in [-0.2, 0) is 11.2 Å². The zero-order valence-electron chi connectivity index (χ0n) is 18.3. The Morgan fingerprint density at radius 2 is 1.85 bits per heavy atom. The molecule has 0 spiro atoms. The number of aryl methyl sites for hydroxylation is 1. The molecule has 0 aliphatic heterocycles. The molecule has 2 amide bonds. The quantitative estimate of drug-likeness (QED) is 0.339. The molecule has 4 rings (SSSR count). The van der Waals surface area contributed by atoms with Crippen molar-refractivity contribution in [2.24, 2.45) is 0 Å². The number of para-hydroxylation sites is 1. The number of hydrogen-bond donors (Lipinski definition) is 3. The molecule has 11 heteroatoms. The number of benzene rings is 2. The minimum Gasteiger partial charge on any atom is -0.504 e. The second-order valence-electron chi connectivity index (χ2n) is 7.11. The summed E-state index contributed by atoms with van der Waals surface area (Å²) >= 11 is 0. The van der Waals surface area contributed by atoms with Crippen LogP contribution in [-0.4, -0.2) is 43.4 Å². The van der Waals surface area contributed by atoms with Crippen molar-refractivity contribution >= 4 is 11.8 Å². The van der Waals surface area contributed by atoms with Gasteiger partial charge in [0, 0.05) is 18.4 Å². The molecule has 0 radical (unpaired) electrons. The van der Waals surface area contributed by atoms with E-state index < -0.39 is 11.8 Å². The third kappa shape index (κ3) is 5.38. The summed E-state index contributed by atoms with van der Waals surface area (Å²) in [5.74, 6) is -0.120. The maximum atomic E-state index is 12.3. The van der Waals surface area contributed by atoms with Crippen molar-refractivity contribution in [3.63, 3.8) is 0 Å². The number of aromatic nitrogens is 4. The Morgan fingerprint density at radius 3 is 2.59 bits per heavy atom. The van der Waals surface area contributed by atoms with Crippen LogP contribution in [0.4, 0.5) is 0 Å². The maximum Gasteiger partial charge on any atom is 0.294 e. The molecule has 0 saturated heterocycles. The molecule has 0 unspecified atom stereocenters. The van der Waals surface area contributed by atoms with E-state index in [0.29, 0.717) is 18.1 Å². The van der Waals surface area contributed by atoms with Crippen LogP contribution >= 0.6 is 0 Å². The van der Waals surface area contributed by atoms with Gasteiger partial charge in [-0.1, -0.05) is 23.4 Å². The van der Waals surface area contributed by atoms with Crippen LogP contribution < -0.4 is 15.6 Å². The number of rotatable bonds is 8. The van der Waals surface area contributed by atoms with Gasteiger partial charge < -0.3 is 14.4 Å². The number of nitrogens with zero attached hydrogens (tertiary/aromatic N) is 4. The first kappa shape index (κ1) is 22.5. The predicted octanol–water partition coefficient (Wildman–Crippen LogP) is 2.42. The van der Waals surface area contributed by atoms with Crippen LogP contribution in [0.15, 0.2) is 65.3 Å². The standard InChI is InChI=1S/C23H22N6O5/c1-2-33-17-10-8-15(9-11-17)22-24-20(34-28-22)13-12-19(31)25-26-23(32)21-18(30)14-29(27-21)16-6-4-3-5-7-16/h3-11,14,30H,2,12-13H2,1H3,(H,25,31)(H,26,32). The van der Waals surface area contributed by atoms with Gasteiger partial charge in [-0.2, -0.15) is 10.1 Å². The van der Waals surface area contributed by atoms with Crippen molar-refractivity contribution in [1.82, 2.24) is 30.8 Å². The molecular formula is C23H22N6O5. The molecule has 0 bridgehead atoms. The van der Waals surface area contributed by atoms with Gasteiger partial charge in [-0.15, -0.1) is 0 Å². The topological polar surface area (TPSA) is 144 Å². The van der Waals surface area contributed by atoms with E-state index in [-0.39, 0.29) is 30.2 Å². The highest BCUT2D eigenvalue weighted by Crippen LogP contribution is 2.20. The second-order valence-corrected chi connectivity index (χ2v) is 7.11. The Bertz CT molecular complexity index is 1270. The summed E-state index contributed by atoms with van der Waals surface area (Å²) in [7, 11) is 0. The first-order valence-corrected chi connectivity index (χ1v) is 10.5. The summed E-state index contributed by atoms with van der Waals surface area (Å²) in [6, 6.07) is 16.2. The zero-order chi connectivity index (χ0) is 23.9. The van der Waals surface area contributed by atoms with Crippen molar-refractivity contribution in [3.8, 4) is 28.6 Å². The van der Waals surface area contributed by atoms with E-state index in [0.717, 1.165) is 11.3 Å². The van der Waals surface area contributed by atoms with Crippen LogP contribution in [0.2, 0.25) is 0 Å². The first-order valence-electron chi connectivity index (χ1n) is 10.5.